The van der Waals surface area contributed by atoms with Gasteiger partial charge in [0.25, 0.3) is 0 Å². The third-order valence-electron chi connectivity index (χ3n) is 1.52. The summed E-state index contributed by atoms with van der Waals surface area (Å²) in [5.41, 5.74) is 6.83. The molecule has 0 aliphatic rings. The fourth-order valence-corrected chi connectivity index (χ4v) is 1.00. The molecule has 1 heterocycles. The standard InChI is InChI=1S/C9H14N4/c1-6(2)13-9-7(4-10)3-8(11)5-12-9/h3-6,10H,11H2,1-2H3,(H,12,13). The molecule has 0 saturated heterocycles. The fraction of sp³-hybridized carbons (Fsp3) is 0.333. The number of pyridine rings is 1. The zero-order valence-electron chi connectivity index (χ0n) is 7.83. The monoisotopic (exact) mass is 178 g/mol. The Bertz CT molecular complexity index is 306. The highest BCUT2D eigenvalue weighted by molar-refractivity contribution is 5.85. The van der Waals surface area contributed by atoms with Crippen molar-refractivity contribution in [2.24, 2.45) is 0 Å². The smallest absolute Gasteiger partial charge is 0.135 e. The molecule has 0 bridgehead atoms. The van der Waals surface area contributed by atoms with Crippen LogP contribution in [0.2, 0.25) is 0 Å². The first kappa shape index (κ1) is 9.51. The number of hydrogen-bond donors (Lipinski definition) is 3. The topological polar surface area (TPSA) is 74.8 Å². The van der Waals surface area contributed by atoms with E-state index in [2.05, 4.69) is 10.3 Å². The van der Waals surface area contributed by atoms with E-state index in [0.29, 0.717) is 23.1 Å². The van der Waals surface area contributed by atoms with Gasteiger partial charge in [0.2, 0.25) is 0 Å². The number of rotatable bonds is 3. The maximum absolute atomic E-state index is 7.16. The first-order chi connectivity index (χ1) is 6.13. The number of nitrogens with zero attached hydrogens (tertiary/aromatic N) is 1. The van der Waals surface area contributed by atoms with Crippen LogP contribution in [0.1, 0.15) is 19.4 Å². The lowest BCUT2D eigenvalue weighted by Crippen LogP contribution is -2.13. The molecule has 0 amide bonds. The lowest BCUT2D eigenvalue weighted by atomic mass is 10.2. The van der Waals surface area contributed by atoms with Crippen LogP contribution in [0.4, 0.5) is 11.5 Å². The largest absolute Gasteiger partial charge is 0.397 e. The van der Waals surface area contributed by atoms with Crippen molar-refractivity contribution in [2.45, 2.75) is 19.9 Å². The van der Waals surface area contributed by atoms with E-state index >= 15 is 0 Å². The molecule has 1 aromatic heterocycles. The first-order valence-electron chi connectivity index (χ1n) is 4.16. The average molecular weight is 178 g/mol. The van der Waals surface area contributed by atoms with Gasteiger partial charge < -0.3 is 16.5 Å². The summed E-state index contributed by atoms with van der Waals surface area (Å²) in [6.07, 6.45) is 2.83. The van der Waals surface area contributed by atoms with Crippen LogP contribution in [-0.4, -0.2) is 17.2 Å². The van der Waals surface area contributed by atoms with Gasteiger partial charge >= 0.3 is 0 Å². The van der Waals surface area contributed by atoms with E-state index in [0.717, 1.165) is 0 Å². The van der Waals surface area contributed by atoms with E-state index in [-0.39, 0.29) is 0 Å². The highest BCUT2D eigenvalue weighted by Gasteiger charge is 2.02. The quantitative estimate of drug-likeness (QED) is 0.614. The predicted octanol–water partition coefficient (Wildman–Crippen LogP) is 1.48. The van der Waals surface area contributed by atoms with Crippen molar-refractivity contribution in [3.8, 4) is 0 Å². The molecule has 4 heteroatoms. The normalized spacial score (nSPS) is 10.1. The molecule has 0 radical (unpaired) electrons. The van der Waals surface area contributed by atoms with Gasteiger partial charge in [0.05, 0.1) is 11.9 Å². The number of nitrogens with one attached hydrogen (secondary N) is 2. The molecule has 4 nitrogen and oxygen atoms in total. The molecule has 70 valence electrons. The van der Waals surface area contributed by atoms with Gasteiger partial charge in [-0.15, -0.1) is 0 Å². The van der Waals surface area contributed by atoms with Crippen LogP contribution in [0, 0.1) is 5.41 Å². The third kappa shape index (κ3) is 2.43. The van der Waals surface area contributed by atoms with E-state index in [1.54, 1.807) is 12.3 Å². The average Bonchev–Trinajstić information content (AvgIpc) is 2.07. The zero-order valence-corrected chi connectivity index (χ0v) is 7.83. The Morgan fingerprint density at radius 3 is 2.85 bits per heavy atom. The van der Waals surface area contributed by atoms with Gasteiger partial charge in [-0.05, 0) is 19.9 Å². The van der Waals surface area contributed by atoms with Crippen LogP contribution in [0.25, 0.3) is 0 Å². The maximum atomic E-state index is 7.16. The summed E-state index contributed by atoms with van der Waals surface area (Å²) in [7, 11) is 0. The van der Waals surface area contributed by atoms with Gasteiger partial charge in [-0.2, -0.15) is 0 Å². The predicted molar refractivity (Wildman–Crippen MR) is 55.3 cm³/mol. The van der Waals surface area contributed by atoms with Crippen LogP contribution >= 0.6 is 0 Å². The van der Waals surface area contributed by atoms with E-state index < -0.39 is 0 Å². The second-order valence-corrected chi connectivity index (χ2v) is 3.15. The van der Waals surface area contributed by atoms with Gasteiger partial charge in [-0.25, -0.2) is 4.98 Å². The molecule has 0 unspecified atom stereocenters. The molecule has 0 aliphatic heterocycles. The minimum absolute atomic E-state index is 0.301. The van der Waals surface area contributed by atoms with Gasteiger partial charge in [0, 0.05) is 17.8 Å². The van der Waals surface area contributed by atoms with Gasteiger partial charge in [-0.1, -0.05) is 0 Å². The molecular weight excluding hydrogens is 164 g/mol. The number of nitrogens with two attached hydrogens (primary N) is 1. The van der Waals surface area contributed by atoms with Crippen molar-refractivity contribution < 1.29 is 0 Å². The Hall–Kier alpha value is -1.58. The summed E-state index contributed by atoms with van der Waals surface area (Å²) in [5.74, 6) is 0.708. The van der Waals surface area contributed by atoms with E-state index in [1.165, 1.54) is 6.21 Å². The molecule has 0 spiro atoms. The summed E-state index contributed by atoms with van der Waals surface area (Å²) >= 11 is 0. The fourth-order valence-electron chi connectivity index (χ4n) is 1.00. The number of hydrogen-bond acceptors (Lipinski definition) is 4. The van der Waals surface area contributed by atoms with E-state index in [4.69, 9.17) is 11.1 Å². The Labute approximate surface area is 77.7 Å². The van der Waals surface area contributed by atoms with Crippen molar-refractivity contribution in [3.05, 3.63) is 17.8 Å². The number of nitrogen functional groups attached to an aromatic ring is 1. The van der Waals surface area contributed by atoms with Gasteiger partial charge in [0.15, 0.2) is 0 Å². The van der Waals surface area contributed by atoms with Crippen molar-refractivity contribution in [1.29, 1.82) is 5.41 Å². The third-order valence-corrected chi connectivity index (χ3v) is 1.52. The van der Waals surface area contributed by atoms with Gasteiger partial charge in [-0.3, -0.25) is 0 Å². The molecular formula is C9H14N4. The molecule has 0 aliphatic carbocycles. The summed E-state index contributed by atoms with van der Waals surface area (Å²) in [4.78, 5) is 4.10. The lowest BCUT2D eigenvalue weighted by Gasteiger charge is -2.11. The van der Waals surface area contributed by atoms with Crippen molar-refractivity contribution in [3.63, 3.8) is 0 Å². The number of aromatic nitrogens is 1. The van der Waals surface area contributed by atoms with Crippen molar-refractivity contribution >= 4 is 17.7 Å². The van der Waals surface area contributed by atoms with Crippen LogP contribution in [0.5, 0.6) is 0 Å². The maximum Gasteiger partial charge on any atom is 0.135 e. The summed E-state index contributed by atoms with van der Waals surface area (Å²) in [6.45, 7) is 4.04. The van der Waals surface area contributed by atoms with Crippen LogP contribution in [-0.2, 0) is 0 Å². The second-order valence-electron chi connectivity index (χ2n) is 3.15. The first-order valence-corrected chi connectivity index (χ1v) is 4.16. The van der Waals surface area contributed by atoms with Crippen LogP contribution in [0.15, 0.2) is 12.3 Å². The second kappa shape index (κ2) is 3.89. The summed E-state index contributed by atoms with van der Waals surface area (Å²) in [6, 6.07) is 2.03. The zero-order chi connectivity index (χ0) is 9.84. The van der Waals surface area contributed by atoms with Gasteiger partial charge in [0.1, 0.15) is 5.82 Å². The Kier molecular flexibility index (Phi) is 2.84. The lowest BCUT2D eigenvalue weighted by molar-refractivity contribution is 0.889. The molecule has 4 N–H and O–H groups in total. The Morgan fingerprint density at radius 2 is 2.31 bits per heavy atom. The molecule has 0 saturated carbocycles. The molecule has 1 aromatic rings. The number of anilines is 2. The molecule has 1 rings (SSSR count). The van der Waals surface area contributed by atoms with Crippen molar-refractivity contribution in [1.82, 2.24) is 4.98 Å². The summed E-state index contributed by atoms with van der Waals surface area (Å²) < 4.78 is 0. The molecule has 0 aromatic carbocycles. The highest BCUT2D eigenvalue weighted by atomic mass is 15.0. The highest BCUT2D eigenvalue weighted by Crippen LogP contribution is 2.13. The molecule has 0 fully saturated rings. The van der Waals surface area contributed by atoms with Crippen molar-refractivity contribution in [2.75, 3.05) is 11.1 Å². The Balaban J connectivity index is 2.99. The van der Waals surface area contributed by atoms with Crippen LogP contribution < -0.4 is 11.1 Å². The van der Waals surface area contributed by atoms with E-state index in [1.807, 2.05) is 13.8 Å². The molecule has 13 heavy (non-hydrogen) atoms. The van der Waals surface area contributed by atoms with Crippen LogP contribution in [0.3, 0.4) is 0 Å². The minimum Gasteiger partial charge on any atom is -0.397 e. The SMILES string of the molecule is CC(C)Nc1ncc(N)cc1C=N. The molecule has 0 atom stereocenters. The minimum atomic E-state index is 0.301. The van der Waals surface area contributed by atoms with E-state index in [9.17, 15) is 0 Å². The Morgan fingerprint density at radius 1 is 1.62 bits per heavy atom. The summed E-state index contributed by atoms with van der Waals surface area (Å²) in [5, 5.41) is 10.3.